The molecule has 1 aromatic heterocycles. The van der Waals surface area contributed by atoms with Gasteiger partial charge in [-0.3, -0.25) is 0 Å². The van der Waals surface area contributed by atoms with Crippen molar-refractivity contribution in [2.75, 3.05) is 5.73 Å². The number of pyridine rings is 1. The number of nitrogens with two attached hydrogens (primary N) is 1. The average Bonchev–Trinajstić information content (AvgIpc) is 2.13. The second kappa shape index (κ2) is 4.54. The molecule has 18 heavy (non-hydrogen) atoms. The van der Waals surface area contributed by atoms with Crippen molar-refractivity contribution >= 4 is 5.82 Å². The normalized spacial score (nSPS) is 14.4. The summed E-state index contributed by atoms with van der Waals surface area (Å²) in [6.45, 7) is 0.704. The fourth-order valence-electron chi connectivity index (χ4n) is 1.01. The summed E-state index contributed by atoms with van der Waals surface area (Å²) in [5.74, 6) is -1.56. The molecule has 1 heterocycles. The monoisotopic (exact) mass is 274 g/mol. The molecule has 1 atom stereocenters. The van der Waals surface area contributed by atoms with Crippen LogP contribution in [-0.2, 0) is 6.18 Å². The highest BCUT2D eigenvalue weighted by molar-refractivity contribution is 5.43. The second-order valence-electron chi connectivity index (χ2n) is 3.38. The fraction of sp³-hybridized carbons (Fsp3) is 0.444. The first-order chi connectivity index (χ1) is 8.01. The molecule has 9 heteroatoms. The fourth-order valence-corrected chi connectivity index (χ4v) is 1.01. The Kier molecular flexibility index (Phi) is 3.63. The average molecular weight is 274 g/mol. The first kappa shape index (κ1) is 14.4. The number of hydrogen-bond acceptors (Lipinski definition) is 3. The zero-order valence-corrected chi connectivity index (χ0v) is 8.93. The molecule has 0 spiro atoms. The maximum atomic E-state index is 12.3. The Morgan fingerprint density at radius 2 is 1.72 bits per heavy atom. The van der Waals surface area contributed by atoms with Crippen LogP contribution in [0.4, 0.5) is 32.2 Å². The highest BCUT2D eigenvalue weighted by atomic mass is 19.4. The quantitative estimate of drug-likeness (QED) is 0.843. The number of ether oxygens (including phenoxy) is 1. The van der Waals surface area contributed by atoms with Crippen LogP contribution in [0.25, 0.3) is 0 Å². The number of aromatic nitrogens is 1. The van der Waals surface area contributed by atoms with Crippen molar-refractivity contribution in [1.82, 2.24) is 4.98 Å². The molecule has 1 aromatic rings. The van der Waals surface area contributed by atoms with E-state index in [9.17, 15) is 26.3 Å². The summed E-state index contributed by atoms with van der Waals surface area (Å²) in [6, 6.07) is 1.20. The number of anilines is 1. The van der Waals surface area contributed by atoms with Gasteiger partial charge in [-0.1, -0.05) is 0 Å². The van der Waals surface area contributed by atoms with Crippen LogP contribution in [0, 0.1) is 0 Å². The van der Waals surface area contributed by atoms with E-state index in [2.05, 4.69) is 9.72 Å². The molecule has 0 amide bonds. The van der Waals surface area contributed by atoms with Crippen LogP contribution in [0.15, 0.2) is 12.1 Å². The molecule has 102 valence electrons. The minimum Gasteiger partial charge on any atom is -0.465 e. The number of rotatable bonds is 2. The van der Waals surface area contributed by atoms with Crippen LogP contribution < -0.4 is 10.5 Å². The van der Waals surface area contributed by atoms with Crippen molar-refractivity contribution in [3.05, 3.63) is 17.7 Å². The van der Waals surface area contributed by atoms with E-state index in [0.29, 0.717) is 19.1 Å². The summed E-state index contributed by atoms with van der Waals surface area (Å²) in [4.78, 5) is 3.13. The van der Waals surface area contributed by atoms with Gasteiger partial charge in [-0.2, -0.15) is 31.3 Å². The molecule has 0 bridgehead atoms. The van der Waals surface area contributed by atoms with Gasteiger partial charge in [-0.05, 0) is 13.0 Å². The first-order valence-corrected chi connectivity index (χ1v) is 4.59. The van der Waals surface area contributed by atoms with Gasteiger partial charge in [0, 0.05) is 6.07 Å². The Hall–Kier alpha value is -1.67. The third kappa shape index (κ3) is 3.41. The second-order valence-corrected chi connectivity index (χ2v) is 3.38. The van der Waals surface area contributed by atoms with E-state index in [0.717, 1.165) is 0 Å². The van der Waals surface area contributed by atoms with Gasteiger partial charge in [-0.25, -0.2) is 0 Å². The molecule has 0 saturated heterocycles. The molecule has 0 radical (unpaired) electrons. The van der Waals surface area contributed by atoms with E-state index in [-0.39, 0.29) is 0 Å². The molecule has 0 fully saturated rings. The van der Waals surface area contributed by atoms with Crippen LogP contribution in [0.1, 0.15) is 12.5 Å². The van der Waals surface area contributed by atoms with Crippen molar-refractivity contribution in [2.45, 2.75) is 25.4 Å². The molecule has 0 aliphatic heterocycles. The smallest absolute Gasteiger partial charge is 0.425 e. The van der Waals surface area contributed by atoms with E-state index in [1.165, 1.54) is 0 Å². The number of nitrogens with zero attached hydrogens (tertiary/aromatic N) is 1. The van der Waals surface area contributed by atoms with Gasteiger partial charge in [-0.15, -0.1) is 0 Å². The lowest BCUT2D eigenvalue weighted by atomic mass is 10.2. The predicted octanol–water partition coefficient (Wildman–Crippen LogP) is 3.01. The summed E-state index contributed by atoms with van der Waals surface area (Å²) < 4.78 is 77.6. The number of alkyl halides is 6. The van der Waals surface area contributed by atoms with Crippen LogP contribution in [-0.4, -0.2) is 17.3 Å². The van der Waals surface area contributed by atoms with E-state index >= 15 is 0 Å². The Morgan fingerprint density at radius 1 is 1.17 bits per heavy atom. The Labute approximate surface area is 97.6 Å². The third-order valence-corrected chi connectivity index (χ3v) is 1.96. The van der Waals surface area contributed by atoms with Gasteiger partial charge in [0.1, 0.15) is 5.82 Å². The van der Waals surface area contributed by atoms with Crippen molar-refractivity contribution in [3.63, 3.8) is 0 Å². The Bertz CT molecular complexity index is 428. The molecule has 0 aliphatic rings. The van der Waals surface area contributed by atoms with Crippen LogP contribution in [0.5, 0.6) is 5.88 Å². The van der Waals surface area contributed by atoms with E-state index in [1.54, 1.807) is 0 Å². The summed E-state index contributed by atoms with van der Waals surface area (Å²) in [7, 11) is 0. The summed E-state index contributed by atoms with van der Waals surface area (Å²) >= 11 is 0. The number of halogens is 6. The molecule has 0 aliphatic carbocycles. The van der Waals surface area contributed by atoms with E-state index < -0.39 is 35.7 Å². The summed E-state index contributed by atoms with van der Waals surface area (Å²) in [5.41, 5.74) is 3.77. The maximum absolute atomic E-state index is 12.3. The molecule has 2 N–H and O–H groups in total. The molecular formula is C9H8F6N2O. The molecule has 3 nitrogen and oxygen atoms in total. The maximum Gasteiger partial charge on any atom is 0.425 e. The van der Waals surface area contributed by atoms with Crippen molar-refractivity contribution < 1.29 is 31.1 Å². The third-order valence-electron chi connectivity index (χ3n) is 1.96. The summed E-state index contributed by atoms with van der Waals surface area (Å²) in [6.07, 6.45) is -11.6. The first-order valence-electron chi connectivity index (χ1n) is 4.59. The molecule has 0 saturated carbocycles. The lowest BCUT2D eigenvalue weighted by Gasteiger charge is -2.17. The van der Waals surface area contributed by atoms with E-state index in [4.69, 9.17) is 5.73 Å². The van der Waals surface area contributed by atoms with Crippen molar-refractivity contribution in [2.24, 2.45) is 0 Å². The Balaban J connectivity index is 2.93. The van der Waals surface area contributed by atoms with Crippen molar-refractivity contribution in [1.29, 1.82) is 0 Å². The van der Waals surface area contributed by atoms with Gasteiger partial charge in [0.2, 0.25) is 5.88 Å². The number of hydrogen-bond donors (Lipinski definition) is 1. The van der Waals surface area contributed by atoms with Crippen LogP contribution in [0.3, 0.4) is 0 Å². The minimum atomic E-state index is -4.72. The zero-order chi connectivity index (χ0) is 14.1. The topological polar surface area (TPSA) is 48.1 Å². The summed E-state index contributed by atoms with van der Waals surface area (Å²) in [5, 5.41) is 0. The van der Waals surface area contributed by atoms with Crippen molar-refractivity contribution in [3.8, 4) is 5.88 Å². The van der Waals surface area contributed by atoms with Gasteiger partial charge in [0.15, 0.2) is 6.10 Å². The minimum absolute atomic E-state index is 0.515. The lowest BCUT2D eigenvalue weighted by molar-refractivity contribution is -0.190. The predicted molar refractivity (Wildman–Crippen MR) is 49.8 cm³/mol. The van der Waals surface area contributed by atoms with Gasteiger partial charge < -0.3 is 10.5 Å². The van der Waals surface area contributed by atoms with E-state index in [1.807, 2.05) is 0 Å². The SMILES string of the molecule is CC(Oc1ccc(C(F)(F)F)c(N)n1)C(F)(F)F. The van der Waals surface area contributed by atoms with Gasteiger partial charge >= 0.3 is 12.4 Å². The van der Waals surface area contributed by atoms with Crippen LogP contribution in [0.2, 0.25) is 0 Å². The molecule has 1 unspecified atom stereocenters. The highest BCUT2D eigenvalue weighted by Gasteiger charge is 2.39. The van der Waals surface area contributed by atoms with Gasteiger partial charge in [0.05, 0.1) is 5.56 Å². The largest absolute Gasteiger partial charge is 0.465 e. The standard InChI is InChI=1S/C9H8F6N2O/c1-4(8(10,11)12)18-6-3-2-5(7(16)17-6)9(13,14)15/h2-4H,1H3,(H2,16,17). The molecule has 0 aromatic carbocycles. The van der Waals surface area contributed by atoms with Crippen LogP contribution >= 0.6 is 0 Å². The molecular weight excluding hydrogens is 266 g/mol. The molecule has 1 rings (SSSR count). The van der Waals surface area contributed by atoms with Gasteiger partial charge in [0.25, 0.3) is 0 Å². The highest BCUT2D eigenvalue weighted by Crippen LogP contribution is 2.34. The lowest BCUT2D eigenvalue weighted by Crippen LogP contribution is -2.31. The number of nitrogen functional groups attached to an aromatic ring is 1. The zero-order valence-electron chi connectivity index (χ0n) is 8.93. The Morgan fingerprint density at radius 3 is 2.11 bits per heavy atom.